The van der Waals surface area contributed by atoms with E-state index in [-0.39, 0.29) is 18.5 Å². The molecule has 0 aliphatic heterocycles. The minimum absolute atomic E-state index is 0.147. The fourth-order valence-electron chi connectivity index (χ4n) is 2.08. The molecular weight excluding hydrogens is 231 g/mol. The molecule has 0 spiro atoms. The van der Waals surface area contributed by atoms with Gasteiger partial charge in [-0.25, -0.2) is 4.39 Å². The van der Waals surface area contributed by atoms with E-state index in [0.29, 0.717) is 6.54 Å². The number of hydrogen-bond acceptors (Lipinski definition) is 3. The van der Waals surface area contributed by atoms with Gasteiger partial charge in [0.15, 0.2) is 0 Å². The molecule has 2 N–H and O–H groups in total. The van der Waals surface area contributed by atoms with Crippen molar-refractivity contribution in [3.63, 3.8) is 0 Å². The van der Waals surface area contributed by atoms with Crippen LogP contribution in [0.25, 0.3) is 0 Å². The van der Waals surface area contributed by atoms with Crippen LogP contribution >= 0.6 is 0 Å². The number of rotatable bonds is 8. The molecule has 0 aliphatic carbocycles. The summed E-state index contributed by atoms with van der Waals surface area (Å²) < 4.78 is 13.2. The molecule has 0 saturated heterocycles. The van der Waals surface area contributed by atoms with Crippen molar-refractivity contribution in [2.24, 2.45) is 0 Å². The van der Waals surface area contributed by atoms with Gasteiger partial charge in [-0.1, -0.05) is 19.1 Å². The van der Waals surface area contributed by atoms with Crippen LogP contribution in [0, 0.1) is 5.82 Å². The van der Waals surface area contributed by atoms with Crippen LogP contribution in [-0.4, -0.2) is 43.3 Å². The second-order valence-corrected chi connectivity index (χ2v) is 4.34. The standard InChI is InChI=1S/C14H23FN2O/c1-3-17(9-10-18)8-7-14(16-2)12-5-4-6-13(15)11-12/h4-6,11,14,16,18H,3,7-10H2,1-2H3. The molecule has 3 nitrogen and oxygen atoms in total. The van der Waals surface area contributed by atoms with E-state index < -0.39 is 0 Å². The maximum Gasteiger partial charge on any atom is 0.123 e. The predicted molar refractivity (Wildman–Crippen MR) is 72.0 cm³/mol. The third-order valence-electron chi connectivity index (χ3n) is 3.20. The lowest BCUT2D eigenvalue weighted by Gasteiger charge is -2.23. The quantitative estimate of drug-likeness (QED) is 0.742. The molecule has 0 radical (unpaired) electrons. The van der Waals surface area contributed by atoms with Gasteiger partial charge in [-0.2, -0.15) is 0 Å². The Labute approximate surface area is 109 Å². The van der Waals surface area contributed by atoms with Crippen LogP contribution in [0.2, 0.25) is 0 Å². The topological polar surface area (TPSA) is 35.5 Å². The second kappa shape index (κ2) is 8.19. The highest BCUT2D eigenvalue weighted by Gasteiger charge is 2.11. The van der Waals surface area contributed by atoms with Gasteiger partial charge in [-0.15, -0.1) is 0 Å². The van der Waals surface area contributed by atoms with Crippen LogP contribution in [0.1, 0.15) is 24.9 Å². The van der Waals surface area contributed by atoms with Crippen LogP contribution < -0.4 is 5.32 Å². The van der Waals surface area contributed by atoms with E-state index in [1.54, 1.807) is 12.1 Å². The van der Waals surface area contributed by atoms with Crippen molar-refractivity contribution >= 4 is 0 Å². The Hall–Kier alpha value is -0.970. The number of aliphatic hydroxyl groups excluding tert-OH is 1. The largest absolute Gasteiger partial charge is 0.395 e. The highest BCUT2D eigenvalue weighted by molar-refractivity contribution is 5.20. The molecule has 1 rings (SSSR count). The van der Waals surface area contributed by atoms with Gasteiger partial charge in [0.2, 0.25) is 0 Å². The summed E-state index contributed by atoms with van der Waals surface area (Å²) in [5, 5.41) is 12.1. The van der Waals surface area contributed by atoms with E-state index in [1.807, 2.05) is 13.1 Å². The highest BCUT2D eigenvalue weighted by atomic mass is 19.1. The summed E-state index contributed by atoms with van der Waals surface area (Å²) in [4.78, 5) is 2.18. The molecule has 0 aliphatic rings. The van der Waals surface area contributed by atoms with Crippen LogP contribution in [0.5, 0.6) is 0 Å². The van der Waals surface area contributed by atoms with E-state index in [0.717, 1.165) is 25.1 Å². The zero-order valence-electron chi connectivity index (χ0n) is 11.2. The van der Waals surface area contributed by atoms with Crippen molar-refractivity contribution in [2.45, 2.75) is 19.4 Å². The number of aliphatic hydroxyl groups is 1. The Bertz CT molecular complexity index is 346. The Morgan fingerprint density at radius 3 is 2.72 bits per heavy atom. The van der Waals surface area contributed by atoms with Gasteiger partial charge in [-0.05, 0) is 37.7 Å². The number of hydrogen-bond donors (Lipinski definition) is 2. The lowest BCUT2D eigenvalue weighted by atomic mass is 10.0. The SMILES string of the molecule is CCN(CCO)CCC(NC)c1cccc(F)c1. The molecule has 1 unspecified atom stereocenters. The number of benzene rings is 1. The lowest BCUT2D eigenvalue weighted by Crippen LogP contribution is -2.30. The Balaban J connectivity index is 2.56. The molecule has 1 atom stereocenters. The summed E-state index contributed by atoms with van der Waals surface area (Å²) in [6.07, 6.45) is 0.897. The maximum atomic E-state index is 13.2. The number of likely N-dealkylation sites (N-methyl/N-ethyl adjacent to an activating group) is 1. The Kier molecular flexibility index (Phi) is 6.86. The lowest BCUT2D eigenvalue weighted by molar-refractivity contribution is 0.196. The summed E-state index contributed by atoms with van der Waals surface area (Å²) in [6.45, 7) is 4.75. The summed E-state index contributed by atoms with van der Waals surface area (Å²) in [7, 11) is 1.89. The van der Waals surface area contributed by atoms with E-state index in [4.69, 9.17) is 5.11 Å². The molecule has 18 heavy (non-hydrogen) atoms. The molecule has 0 bridgehead atoms. The van der Waals surface area contributed by atoms with Crippen molar-refractivity contribution in [3.8, 4) is 0 Å². The van der Waals surface area contributed by atoms with Crippen LogP contribution in [0.15, 0.2) is 24.3 Å². The second-order valence-electron chi connectivity index (χ2n) is 4.34. The summed E-state index contributed by atoms with van der Waals surface area (Å²) in [5.41, 5.74) is 0.970. The van der Waals surface area contributed by atoms with Crippen LogP contribution in [0.3, 0.4) is 0 Å². The molecular formula is C14H23FN2O. The first-order chi connectivity index (χ1) is 8.71. The van der Waals surface area contributed by atoms with Gasteiger partial charge in [0.25, 0.3) is 0 Å². The highest BCUT2D eigenvalue weighted by Crippen LogP contribution is 2.17. The van der Waals surface area contributed by atoms with E-state index in [2.05, 4.69) is 17.1 Å². The zero-order chi connectivity index (χ0) is 13.4. The third-order valence-corrected chi connectivity index (χ3v) is 3.20. The fraction of sp³-hybridized carbons (Fsp3) is 0.571. The first-order valence-electron chi connectivity index (χ1n) is 6.47. The minimum Gasteiger partial charge on any atom is -0.395 e. The van der Waals surface area contributed by atoms with Crippen molar-refractivity contribution in [1.82, 2.24) is 10.2 Å². The molecule has 4 heteroatoms. The van der Waals surface area contributed by atoms with E-state index in [1.165, 1.54) is 6.07 Å². The number of nitrogens with zero attached hydrogens (tertiary/aromatic N) is 1. The number of nitrogens with one attached hydrogen (secondary N) is 1. The van der Waals surface area contributed by atoms with Gasteiger partial charge in [0.1, 0.15) is 5.82 Å². The molecule has 1 aromatic rings. The van der Waals surface area contributed by atoms with Gasteiger partial charge in [0, 0.05) is 19.1 Å². The minimum atomic E-state index is -0.199. The van der Waals surface area contributed by atoms with E-state index in [9.17, 15) is 4.39 Å². The summed E-state index contributed by atoms with van der Waals surface area (Å²) >= 11 is 0. The van der Waals surface area contributed by atoms with Gasteiger partial charge >= 0.3 is 0 Å². The summed E-state index contributed by atoms with van der Waals surface area (Å²) in [5.74, 6) is -0.199. The normalized spacial score (nSPS) is 12.9. The maximum absolute atomic E-state index is 13.2. The monoisotopic (exact) mass is 254 g/mol. The Morgan fingerprint density at radius 1 is 1.39 bits per heavy atom. The molecule has 1 aromatic carbocycles. The van der Waals surface area contributed by atoms with Gasteiger partial charge in [-0.3, -0.25) is 0 Å². The van der Waals surface area contributed by atoms with Crippen molar-refractivity contribution in [1.29, 1.82) is 0 Å². The molecule has 0 saturated carbocycles. The third kappa shape index (κ3) is 4.72. The number of halogens is 1. The van der Waals surface area contributed by atoms with Crippen LogP contribution in [0.4, 0.5) is 4.39 Å². The van der Waals surface area contributed by atoms with Crippen molar-refractivity contribution < 1.29 is 9.50 Å². The van der Waals surface area contributed by atoms with Gasteiger partial charge < -0.3 is 15.3 Å². The van der Waals surface area contributed by atoms with Crippen molar-refractivity contribution in [2.75, 3.05) is 33.3 Å². The zero-order valence-corrected chi connectivity index (χ0v) is 11.2. The van der Waals surface area contributed by atoms with Crippen LogP contribution in [-0.2, 0) is 0 Å². The average Bonchev–Trinajstić information content (AvgIpc) is 2.38. The fourth-order valence-corrected chi connectivity index (χ4v) is 2.08. The van der Waals surface area contributed by atoms with Crippen molar-refractivity contribution in [3.05, 3.63) is 35.6 Å². The molecule has 102 valence electrons. The molecule has 0 aromatic heterocycles. The molecule has 0 fully saturated rings. The molecule has 0 heterocycles. The smallest absolute Gasteiger partial charge is 0.123 e. The summed E-state index contributed by atoms with van der Waals surface area (Å²) in [6, 6.07) is 6.85. The predicted octanol–water partition coefficient (Wildman–Crippen LogP) is 1.79. The Morgan fingerprint density at radius 2 is 2.17 bits per heavy atom. The van der Waals surface area contributed by atoms with E-state index >= 15 is 0 Å². The first-order valence-corrected chi connectivity index (χ1v) is 6.47. The average molecular weight is 254 g/mol. The van der Waals surface area contributed by atoms with Gasteiger partial charge in [0.05, 0.1) is 6.61 Å². The first kappa shape index (κ1) is 15.1. The molecule has 0 amide bonds.